The predicted molar refractivity (Wildman–Crippen MR) is 57.1 cm³/mol. The summed E-state index contributed by atoms with van der Waals surface area (Å²) in [5.41, 5.74) is 7.79. The highest BCUT2D eigenvalue weighted by Gasteiger charge is 2.26. The number of hydrogen-bond donors (Lipinski definition) is 1. The van der Waals surface area contributed by atoms with Gasteiger partial charge >= 0.3 is 0 Å². The summed E-state index contributed by atoms with van der Waals surface area (Å²) in [7, 11) is 0. The van der Waals surface area contributed by atoms with E-state index in [0.29, 0.717) is 11.3 Å². The summed E-state index contributed by atoms with van der Waals surface area (Å²) >= 11 is 6.22. The first-order valence-corrected chi connectivity index (χ1v) is 5.20. The zero-order valence-electron chi connectivity index (χ0n) is 7.54. The monoisotopic (exact) mass is 195 g/mol. The van der Waals surface area contributed by atoms with Crippen LogP contribution in [0.1, 0.15) is 30.7 Å². The van der Waals surface area contributed by atoms with Crippen molar-refractivity contribution >= 4 is 17.3 Å². The van der Waals surface area contributed by atoms with E-state index in [4.69, 9.17) is 17.3 Å². The molecule has 0 amide bonds. The molecule has 70 valence electrons. The first-order chi connectivity index (χ1) is 6.27. The van der Waals surface area contributed by atoms with Crippen molar-refractivity contribution in [2.75, 3.05) is 5.73 Å². The van der Waals surface area contributed by atoms with Crippen LogP contribution >= 0.6 is 11.6 Å². The van der Waals surface area contributed by atoms with Crippen molar-refractivity contribution in [3.05, 3.63) is 29.8 Å². The Labute approximate surface area is 83.9 Å². The highest BCUT2D eigenvalue weighted by Crippen LogP contribution is 2.38. The minimum absolute atomic E-state index is 0.323. The molecular weight excluding hydrogens is 182 g/mol. The van der Waals surface area contributed by atoms with Crippen molar-refractivity contribution in [1.29, 1.82) is 0 Å². The van der Waals surface area contributed by atoms with Crippen LogP contribution in [-0.2, 0) is 0 Å². The molecule has 0 aromatic heterocycles. The lowest BCUT2D eigenvalue weighted by Gasteiger charge is -2.13. The van der Waals surface area contributed by atoms with Gasteiger partial charge in [-0.2, -0.15) is 0 Å². The zero-order valence-corrected chi connectivity index (χ0v) is 8.30. The Balaban J connectivity index is 2.20. The predicted octanol–water partition coefficient (Wildman–Crippen LogP) is 3.14. The molecule has 13 heavy (non-hydrogen) atoms. The molecule has 0 aliphatic heterocycles. The second kappa shape index (κ2) is 3.59. The van der Waals surface area contributed by atoms with Crippen LogP contribution in [0.15, 0.2) is 24.3 Å². The highest BCUT2D eigenvalue weighted by atomic mass is 35.5. The Morgan fingerprint density at radius 3 is 2.38 bits per heavy atom. The topological polar surface area (TPSA) is 26.0 Å². The SMILES string of the molecule is Nc1ccc([C@H]2CCC[C@@H]2Cl)cc1. The Morgan fingerprint density at radius 1 is 1.15 bits per heavy atom. The van der Waals surface area contributed by atoms with Gasteiger partial charge in [0.2, 0.25) is 0 Å². The van der Waals surface area contributed by atoms with E-state index in [9.17, 15) is 0 Å². The molecule has 0 bridgehead atoms. The molecule has 0 heterocycles. The molecule has 1 saturated carbocycles. The third-order valence-electron chi connectivity index (χ3n) is 2.80. The average molecular weight is 196 g/mol. The van der Waals surface area contributed by atoms with Crippen molar-refractivity contribution in [3.8, 4) is 0 Å². The van der Waals surface area contributed by atoms with E-state index in [1.54, 1.807) is 0 Å². The fourth-order valence-corrected chi connectivity index (χ4v) is 2.46. The third-order valence-corrected chi connectivity index (χ3v) is 3.32. The Bertz CT molecular complexity index is 281. The second-order valence-electron chi connectivity index (χ2n) is 3.72. The molecule has 1 nitrogen and oxygen atoms in total. The summed E-state index contributed by atoms with van der Waals surface area (Å²) in [4.78, 5) is 0. The van der Waals surface area contributed by atoms with E-state index in [1.807, 2.05) is 12.1 Å². The molecular formula is C11H14ClN. The number of rotatable bonds is 1. The molecule has 0 radical (unpaired) electrons. The number of anilines is 1. The number of nitrogen functional groups attached to an aromatic ring is 1. The second-order valence-corrected chi connectivity index (χ2v) is 4.28. The summed E-state index contributed by atoms with van der Waals surface area (Å²) in [5.74, 6) is 0.544. The minimum Gasteiger partial charge on any atom is -0.399 e. The van der Waals surface area contributed by atoms with Crippen LogP contribution in [0.5, 0.6) is 0 Å². The zero-order chi connectivity index (χ0) is 9.26. The minimum atomic E-state index is 0.323. The first-order valence-electron chi connectivity index (χ1n) is 4.77. The standard InChI is InChI=1S/C11H14ClN/c12-11-3-1-2-10(11)8-4-6-9(13)7-5-8/h4-7,10-11H,1-3,13H2/t10-,11+/m1/s1. The molecule has 1 aromatic rings. The molecule has 1 aliphatic rings. The maximum absolute atomic E-state index is 6.22. The molecule has 0 saturated heterocycles. The fourth-order valence-electron chi connectivity index (χ4n) is 2.03. The highest BCUT2D eigenvalue weighted by molar-refractivity contribution is 6.21. The fraction of sp³-hybridized carbons (Fsp3) is 0.455. The quantitative estimate of drug-likeness (QED) is 0.541. The van der Waals surface area contributed by atoms with Gasteiger partial charge in [0, 0.05) is 17.0 Å². The summed E-state index contributed by atoms with van der Waals surface area (Å²) in [5, 5.41) is 0.323. The lowest BCUT2D eigenvalue weighted by molar-refractivity contribution is 0.730. The van der Waals surface area contributed by atoms with Gasteiger partial charge in [-0.1, -0.05) is 18.6 Å². The van der Waals surface area contributed by atoms with Crippen LogP contribution in [-0.4, -0.2) is 5.38 Å². The van der Waals surface area contributed by atoms with Gasteiger partial charge in [0.25, 0.3) is 0 Å². The van der Waals surface area contributed by atoms with Gasteiger partial charge in [-0.25, -0.2) is 0 Å². The van der Waals surface area contributed by atoms with E-state index < -0.39 is 0 Å². The number of alkyl halides is 1. The normalized spacial score (nSPS) is 27.8. The van der Waals surface area contributed by atoms with Crippen molar-refractivity contribution in [1.82, 2.24) is 0 Å². The van der Waals surface area contributed by atoms with Gasteiger partial charge in [0.15, 0.2) is 0 Å². The van der Waals surface area contributed by atoms with E-state index in [2.05, 4.69) is 12.1 Å². The lowest BCUT2D eigenvalue weighted by atomic mass is 9.97. The van der Waals surface area contributed by atoms with Crippen LogP contribution in [0.2, 0.25) is 0 Å². The van der Waals surface area contributed by atoms with E-state index in [-0.39, 0.29) is 0 Å². The largest absolute Gasteiger partial charge is 0.399 e. The Hall–Kier alpha value is -0.690. The molecule has 2 atom stereocenters. The molecule has 2 heteroatoms. The van der Waals surface area contributed by atoms with Gasteiger partial charge in [-0.05, 0) is 30.5 Å². The Morgan fingerprint density at radius 2 is 1.85 bits per heavy atom. The Kier molecular flexibility index (Phi) is 2.45. The van der Waals surface area contributed by atoms with Crippen LogP contribution in [0, 0.1) is 0 Å². The van der Waals surface area contributed by atoms with Crippen molar-refractivity contribution in [2.45, 2.75) is 30.6 Å². The van der Waals surface area contributed by atoms with Crippen LogP contribution in [0.25, 0.3) is 0 Å². The maximum atomic E-state index is 6.22. The van der Waals surface area contributed by atoms with Gasteiger partial charge in [0.05, 0.1) is 0 Å². The number of nitrogens with two attached hydrogens (primary N) is 1. The molecule has 1 aromatic carbocycles. The lowest BCUT2D eigenvalue weighted by Crippen LogP contribution is -2.04. The summed E-state index contributed by atoms with van der Waals surface area (Å²) < 4.78 is 0. The first kappa shape index (κ1) is 8.89. The summed E-state index contributed by atoms with van der Waals surface area (Å²) in [6.07, 6.45) is 3.62. The summed E-state index contributed by atoms with van der Waals surface area (Å²) in [6, 6.07) is 8.11. The number of hydrogen-bond acceptors (Lipinski definition) is 1. The van der Waals surface area contributed by atoms with Crippen LogP contribution in [0.4, 0.5) is 5.69 Å². The van der Waals surface area contributed by atoms with Crippen LogP contribution < -0.4 is 5.73 Å². The van der Waals surface area contributed by atoms with E-state index >= 15 is 0 Å². The molecule has 2 N–H and O–H groups in total. The van der Waals surface area contributed by atoms with Crippen molar-refractivity contribution < 1.29 is 0 Å². The van der Waals surface area contributed by atoms with Gasteiger partial charge in [0.1, 0.15) is 0 Å². The molecule has 0 unspecified atom stereocenters. The summed E-state index contributed by atoms with van der Waals surface area (Å²) in [6.45, 7) is 0. The maximum Gasteiger partial charge on any atom is 0.0404 e. The molecule has 2 rings (SSSR count). The van der Waals surface area contributed by atoms with E-state index in [1.165, 1.54) is 18.4 Å². The van der Waals surface area contributed by atoms with Crippen molar-refractivity contribution in [3.63, 3.8) is 0 Å². The molecule has 1 fully saturated rings. The van der Waals surface area contributed by atoms with E-state index in [0.717, 1.165) is 12.1 Å². The smallest absolute Gasteiger partial charge is 0.0404 e. The third kappa shape index (κ3) is 1.80. The molecule has 1 aliphatic carbocycles. The van der Waals surface area contributed by atoms with Gasteiger partial charge in [-0.15, -0.1) is 11.6 Å². The number of benzene rings is 1. The average Bonchev–Trinajstić information content (AvgIpc) is 2.53. The van der Waals surface area contributed by atoms with Crippen molar-refractivity contribution in [2.24, 2.45) is 0 Å². The van der Waals surface area contributed by atoms with Crippen LogP contribution in [0.3, 0.4) is 0 Å². The van der Waals surface area contributed by atoms with Gasteiger partial charge < -0.3 is 5.73 Å². The van der Waals surface area contributed by atoms with Gasteiger partial charge in [-0.3, -0.25) is 0 Å². The molecule has 0 spiro atoms. The number of halogens is 1.